The van der Waals surface area contributed by atoms with Crippen molar-refractivity contribution in [3.05, 3.63) is 106 Å². The molecule has 1 atom stereocenters. The van der Waals surface area contributed by atoms with Crippen LogP contribution in [0.4, 0.5) is 8.78 Å². The molecule has 5 rings (SSSR count). The highest BCUT2D eigenvalue weighted by molar-refractivity contribution is 5.96. The van der Waals surface area contributed by atoms with Crippen LogP contribution in [0.5, 0.6) is 0 Å². The van der Waals surface area contributed by atoms with Crippen molar-refractivity contribution >= 4 is 5.91 Å². The quantitative estimate of drug-likeness (QED) is 0.366. The van der Waals surface area contributed by atoms with Gasteiger partial charge in [0.05, 0.1) is 24.0 Å². The van der Waals surface area contributed by atoms with Gasteiger partial charge in [-0.2, -0.15) is 0 Å². The van der Waals surface area contributed by atoms with Crippen LogP contribution in [0.2, 0.25) is 0 Å². The molecule has 37 heavy (non-hydrogen) atoms. The summed E-state index contributed by atoms with van der Waals surface area (Å²) in [5.41, 5.74) is 4.98. The maximum absolute atomic E-state index is 13.8. The Morgan fingerprint density at radius 3 is 2.54 bits per heavy atom. The zero-order valence-electron chi connectivity index (χ0n) is 21.1. The summed E-state index contributed by atoms with van der Waals surface area (Å²) in [7, 11) is 1.80. The van der Waals surface area contributed by atoms with Gasteiger partial charge in [0.2, 0.25) is 5.62 Å². The van der Waals surface area contributed by atoms with Crippen LogP contribution in [0.3, 0.4) is 0 Å². The summed E-state index contributed by atoms with van der Waals surface area (Å²) in [6, 6.07) is 12.9. The van der Waals surface area contributed by atoms with E-state index in [0.717, 1.165) is 35.1 Å². The van der Waals surface area contributed by atoms with Crippen molar-refractivity contribution in [1.82, 2.24) is 19.4 Å². The van der Waals surface area contributed by atoms with Gasteiger partial charge in [0.25, 0.3) is 5.91 Å². The predicted molar refractivity (Wildman–Crippen MR) is 137 cm³/mol. The van der Waals surface area contributed by atoms with Crippen molar-refractivity contribution in [3.8, 4) is 11.1 Å². The average molecular weight is 502 g/mol. The molecule has 4 aromatic rings. The molecule has 1 amide bonds. The lowest BCUT2D eigenvalue weighted by Crippen LogP contribution is -2.31. The molecule has 2 heterocycles. The highest BCUT2D eigenvalue weighted by Gasteiger charge is 2.35. The molecule has 2 aromatic heterocycles. The SMILES string of the molecule is Cc1cc(F)ccc1-c1cc(Cn2ccn(C)c2=N)cc(C(=O)N[C@H](c2ccc(F)c(C)n2)C2CC2)c1. The number of rotatable bonds is 7. The largest absolute Gasteiger partial charge is 0.343 e. The van der Waals surface area contributed by atoms with Crippen LogP contribution in [-0.2, 0) is 13.6 Å². The van der Waals surface area contributed by atoms with Crippen molar-refractivity contribution in [2.75, 3.05) is 0 Å². The maximum atomic E-state index is 13.8. The molecule has 6 nitrogen and oxygen atoms in total. The summed E-state index contributed by atoms with van der Waals surface area (Å²) >= 11 is 0. The Bertz CT molecular complexity index is 1550. The fourth-order valence-electron chi connectivity index (χ4n) is 4.69. The molecule has 2 N–H and O–H groups in total. The fourth-order valence-corrected chi connectivity index (χ4v) is 4.69. The van der Waals surface area contributed by atoms with E-state index in [1.807, 2.05) is 37.5 Å². The molecule has 1 aliphatic rings. The van der Waals surface area contributed by atoms with Gasteiger partial charge in [-0.15, -0.1) is 0 Å². The number of nitrogens with zero attached hydrogens (tertiary/aromatic N) is 3. The van der Waals surface area contributed by atoms with Crippen LogP contribution in [0.25, 0.3) is 11.1 Å². The van der Waals surface area contributed by atoms with Crippen LogP contribution >= 0.6 is 0 Å². The molecule has 0 saturated heterocycles. The molecule has 0 radical (unpaired) electrons. The minimum absolute atomic E-state index is 0.257. The lowest BCUT2D eigenvalue weighted by atomic mass is 9.95. The van der Waals surface area contributed by atoms with Crippen LogP contribution in [0, 0.1) is 36.8 Å². The third-order valence-corrected chi connectivity index (χ3v) is 6.93. The first-order valence-corrected chi connectivity index (χ1v) is 12.3. The summed E-state index contributed by atoms with van der Waals surface area (Å²) in [5, 5.41) is 11.4. The topological polar surface area (TPSA) is 75.7 Å². The summed E-state index contributed by atoms with van der Waals surface area (Å²) in [4.78, 5) is 18.0. The van der Waals surface area contributed by atoms with E-state index in [1.54, 1.807) is 35.2 Å². The van der Waals surface area contributed by atoms with Crippen LogP contribution in [0.15, 0.2) is 60.9 Å². The molecular weight excluding hydrogens is 472 g/mol. The van der Waals surface area contributed by atoms with Crippen molar-refractivity contribution in [1.29, 1.82) is 5.41 Å². The van der Waals surface area contributed by atoms with Crippen LogP contribution in [-0.4, -0.2) is 20.0 Å². The van der Waals surface area contributed by atoms with Gasteiger partial charge >= 0.3 is 0 Å². The van der Waals surface area contributed by atoms with Crippen molar-refractivity contribution < 1.29 is 13.6 Å². The molecule has 0 spiro atoms. The molecule has 1 fully saturated rings. The Kier molecular flexibility index (Phi) is 6.50. The number of amides is 1. The summed E-state index contributed by atoms with van der Waals surface area (Å²) in [6.07, 6.45) is 5.57. The number of hydrogen-bond acceptors (Lipinski definition) is 3. The van der Waals surface area contributed by atoms with E-state index in [0.29, 0.717) is 29.1 Å². The number of pyridine rings is 1. The van der Waals surface area contributed by atoms with Crippen molar-refractivity contribution in [2.45, 2.75) is 39.3 Å². The number of halogens is 2. The Morgan fingerprint density at radius 2 is 1.89 bits per heavy atom. The van der Waals surface area contributed by atoms with Gasteiger partial charge in [-0.05, 0) is 97.3 Å². The molecule has 1 aliphatic carbocycles. The van der Waals surface area contributed by atoms with Gasteiger partial charge in [0.1, 0.15) is 11.6 Å². The number of carbonyl (C=O) groups is 1. The van der Waals surface area contributed by atoms with E-state index in [2.05, 4.69) is 10.3 Å². The number of aryl methyl sites for hydroxylation is 3. The van der Waals surface area contributed by atoms with E-state index in [1.165, 1.54) is 18.2 Å². The van der Waals surface area contributed by atoms with Crippen LogP contribution in [0.1, 0.15) is 51.8 Å². The normalized spacial score (nSPS) is 14.0. The molecule has 0 aliphatic heterocycles. The monoisotopic (exact) mass is 501 g/mol. The molecule has 190 valence electrons. The van der Waals surface area contributed by atoms with E-state index in [-0.39, 0.29) is 29.5 Å². The van der Waals surface area contributed by atoms with Gasteiger partial charge in [-0.25, -0.2) is 8.78 Å². The summed E-state index contributed by atoms with van der Waals surface area (Å²) < 4.78 is 31.1. The molecule has 8 heteroatoms. The van der Waals surface area contributed by atoms with E-state index >= 15 is 0 Å². The summed E-state index contributed by atoms with van der Waals surface area (Å²) in [6.45, 7) is 3.86. The predicted octanol–water partition coefficient (Wildman–Crippen LogP) is 5.19. The van der Waals surface area contributed by atoms with Gasteiger partial charge in [-0.3, -0.25) is 15.2 Å². The first-order valence-electron chi connectivity index (χ1n) is 12.3. The number of aromatic nitrogens is 3. The first-order chi connectivity index (χ1) is 17.7. The highest BCUT2D eigenvalue weighted by atomic mass is 19.1. The second-order valence-electron chi connectivity index (χ2n) is 9.83. The first kappa shape index (κ1) is 24.6. The van der Waals surface area contributed by atoms with Gasteiger partial charge in [0.15, 0.2) is 0 Å². The van der Waals surface area contributed by atoms with E-state index < -0.39 is 0 Å². The Labute approximate surface area is 214 Å². The third-order valence-electron chi connectivity index (χ3n) is 6.93. The summed E-state index contributed by atoms with van der Waals surface area (Å²) in [5.74, 6) is -0.686. The number of nitrogens with one attached hydrogen (secondary N) is 2. The number of benzene rings is 2. The van der Waals surface area contributed by atoms with Crippen molar-refractivity contribution in [2.24, 2.45) is 13.0 Å². The molecule has 0 bridgehead atoms. The van der Waals surface area contributed by atoms with Gasteiger partial charge in [0, 0.05) is 25.0 Å². The standard InChI is InChI=1S/C29H29F2N5O/c1-17-12-23(30)6-7-24(17)21-13-19(16-36-11-10-35(3)29(36)32)14-22(15-21)28(37)34-27(20-4-5-20)26-9-8-25(31)18(2)33-26/h6-15,20,27,32H,4-5,16H2,1-3H3,(H,34,37)/t27-/m0/s1. The Hall–Kier alpha value is -4.07. The zero-order valence-corrected chi connectivity index (χ0v) is 21.1. The highest BCUT2D eigenvalue weighted by Crippen LogP contribution is 2.41. The number of carbonyl (C=O) groups excluding carboxylic acids is 1. The van der Waals surface area contributed by atoms with Gasteiger partial charge in [-0.1, -0.05) is 6.07 Å². The smallest absolute Gasteiger partial charge is 0.251 e. The van der Waals surface area contributed by atoms with Crippen LogP contribution < -0.4 is 10.9 Å². The van der Waals surface area contributed by atoms with Crippen molar-refractivity contribution in [3.63, 3.8) is 0 Å². The maximum Gasteiger partial charge on any atom is 0.251 e. The van der Waals surface area contributed by atoms with Gasteiger partial charge < -0.3 is 14.5 Å². The second kappa shape index (κ2) is 9.76. The molecule has 1 saturated carbocycles. The lowest BCUT2D eigenvalue weighted by molar-refractivity contribution is 0.0930. The number of hydrogen-bond donors (Lipinski definition) is 2. The molecular formula is C29H29F2N5O. The van der Waals surface area contributed by atoms with E-state index in [4.69, 9.17) is 5.41 Å². The molecule has 0 unspecified atom stereocenters. The van der Waals surface area contributed by atoms with E-state index in [9.17, 15) is 13.6 Å². The average Bonchev–Trinajstić information content (AvgIpc) is 3.66. The lowest BCUT2D eigenvalue weighted by Gasteiger charge is -2.19. The molecule has 2 aromatic carbocycles. The fraction of sp³-hybridized carbons (Fsp3) is 0.276. The Balaban J connectivity index is 1.52. The minimum Gasteiger partial charge on any atom is -0.343 e. The zero-order chi connectivity index (χ0) is 26.3. The minimum atomic E-state index is -0.371. The third kappa shape index (κ3) is 5.23. The second-order valence-corrected chi connectivity index (χ2v) is 9.83. The number of imidazole rings is 1. The Morgan fingerprint density at radius 1 is 1.11 bits per heavy atom.